The first kappa shape index (κ1) is 18.0. The van der Waals surface area contributed by atoms with E-state index in [1.807, 2.05) is 24.4 Å². The Kier molecular flexibility index (Phi) is 6.15. The van der Waals surface area contributed by atoms with Gasteiger partial charge in [-0.15, -0.1) is 11.3 Å². The zero-order valence-corrected chi connectivity index (χ0v) is 16.3. The maximum atomic E-state index is 6.11. The van der Waals surface area contributed by atoms with Gasteiger partial charge in [-0.3, -0.25) is 0 Å². The van der Waals surface area contributed by atoms with Crippen LogP contribution in [0.5, 0.6) is 0 Å². The van der Waals surface area contributed by atoms with Crippen LogP contribution in [-0.4, -0.2) is 48.6 Å². The molecule has 5 nitrogen and oxygen atoms in total. The average molecular weight is 378 g/mol. The highest BCUT2D eigenvalue weighted by Gasteiger charge is 2.20. The van der Waals surface area contributed by atoms with E-state index in [-0.39, 0.29) is 0 Å². The number of aryl methyl sites for hydroxylation is 1. The SMILES string of the molecule is CCNC(=NCc1ncc(C)s1)N1CCN(c2cccc(Cl)c2)CC1. The van der Waals surface area contributed by atoms with Gasteiger partial charge in [0, 0.05) is 54.5 Å². The highest BCUT2D eigenvalue weighted by molar-refractivity contribution is 7.11. The number of guanidine groups is 1. The van der Waals surface area contributed by atoms with Crippen LogP contribution in [0.15, 0.2) is 35.5 Å². The molecule has 0 bridgehead atoms. The van der Waals surface area contributed by atoms with Gasteiger partial charge in [0.1, 0.15) is 5.01 Å². The first-order valence-electron chi connectivity index (χ1n) is 8.61. The molecule has 0 radical (unpaired) electrons. The van der Waals surface area contributed by atoms with Crippen LogP contribution in [0.25, 0.3) is 0 Å². The van der Waals surface area contributed by atoms with Crippen molar-refractivity contribution in [3.63, 3.8) is 0 Å². The van der Waals surface area contributed by atoms with Gasteiger partial charge in [-0.05, 0) is 32.0 Å². The summed E-state index contributed by atoms with van der Waals surface area (Å²) in [5, 5.41) is 5.25. The van der Waals surface area contributed by atoms with Gasteiger partial charge in [0.25, 0.3) is 0 Å². The fraction of sp³-hybridized carbons (Fsp3) is 0.444. The Morgan fingerprint density at radius 3 is 2.76 bits per heavy atom. The quantitative estimate of drug-likeness (QED) is 0.655. The van der Waals surface area contributed by atoms with Crippen molar-refractivity contribution < 1.29 is 0 Å². The first-order valence-corrected chi connectivity index (χ1v) is 9.80. The summed E-state index contributed by atoms with van der Waals surface area (Å²) in [7, 11) is 0. The van der Waals surface area contributed by atoms with Crippen molar-refractivity contribution in [2.45, 2.75) is 20.4 Å². The number of halogens is 1. The normalized spacial score (nSPS) is 15.6. The largest absolute Gasteiger partial charge is 0.368 e. The lowest BCUT2D eigenvalue weighted by Gasteiger charge is -2.37. The molecule has 0 aliphatic carbocycles. The van der Waals surface area contributed by atoms with Gasteiger partial charge < -0.3 is 15.1 Å². The molecule has 3 rings (SSSR count). The fourth-order valence-electron chi connectivity index (χ4n) is 2.89. The topological polar surface area (TPSA) is 43.8 Å². The third-order valence-electron chi connectivity index (χ3n) is 4.12. The number of nitrogens with one attached hydrogen (secondary N) is 1. The van der Waals surface area contributed by atoms with E-state index >= 15 is 0 Å². The molecule has 1 aromatic heterocycles. The molecule has 0 atom stereocenters. The summed E-state index contributed by atoms with van der Waals surface area (Å²) in [5.74, 6) is 0.973. The Morgan fingerprint density at radius 2 is 2.12 bits per heavy atom. The van der Waals surface area contributed by atoms with Crippen LogP contribution >= 0.6 is 22.9 Å². The van der Waals surface area contributed by atoms with Crippen molar-refractivity contribution in [2.24, 2.45) is 4.99 Å². The van der Waals surface area contributed by atoms with Crippen LogP contribution in [0.1, 0.15) is 16.8 Å². The molecule has 1 aliphatic rings. The van der Waals surface area contributed by atoms with Crippen molar-refractivity contribution in [3.8, 4) is 0 Å². The Hall–Kier alpha value is -1.79. The van der Waals surface area contributed by atoms with Gasteiger partial charge in [-0.2, -0.15) is 0 Å². The van der Waals surface area contributed by atoms with E-state index in [9.17, 15) is 0 Å². The standard InChI is InChI=1S/C18H24ClN5S/c1-3-20-18(22-13-17-21-12-14(2)25-17)24-9-7-23(8-10-24)16-6-4-5-15(19)11-16/h4-6,11-12H,3,7-10,13H2,1-2H3,(H,20,22). The van der Waals surface area contributed by atoms with Crippen molar-refractivity contribution in [1.29, 1.82) is 0 Å². The lowest BCUT2D eigenvalue weighted by atomic mass is 10.2. The van der Waals surface area contributed by atoms with E-state index in [4.69, 9.17) is 16.6 Å². The van der Waals surface area contributed by atoms with Gasteiger partial charge in [-0.1, -0.05) is 17.7 Å². The van der Waals surface area contributed by atoms with Crippen LogP contribution < -0.4 is 10.2 Å². The average Bonchev–Trinajstić information content (AvgIpc) is 3.04. The Balaban J connectivity index is 1.62. The minimum atomic E-state index is 0.634. The van der Waals surface area contributed by atoms with Crippen LogP contribution in [0.2, 0.25) is 5.02 Å². The molecule has 2 heterocycles. The second-order valence-corrected chi connectivity index (χ2v) is 7.74. The van der Waals surface area contributed by atoms with Gasteiger partial charge >= 0.3 is 0 Å². The van der Waals surface area contributed by atoms with Crippen LogP contribution in [-0.2, 0) is 6.54 Å². The smallest absolute Gasteiger partial charge is 0.194 e. The highest BCUT2D eigenvalue weighted by Crippen LogP contribution is 2.21. The zero-order chi connectivity index (χ0) is 17.6. The van der Waals surface area contributed by atoms with Crippen molar-refractivity contribution >= 4 is 34.6 Å². The van der Waals surface area contributed by atoms with E-state index in [1.54, 1.807) is 11.3 Å². The molecule has 1 fully saturated rings. The number of rotatable bonds is 4. The lowest BCUT2D eigenvalue weighted by Crippen LogP contribution is -2.52. The van der Waals surface area contributed by atoms with Gasteiger partial charge in [-0.25, -0.2) is 9.98 Å². The molecule has 0 spiro atoms. The van der Waals surface area contributed by atoms with Crippen LogP contribution in [0.3, 0.4) is 0 Å². The second-order valence-electron chi connectivity index (χ2n) is 5.99. The van der Waals surface area contributed by atoms with E-state index in [0.29, 0.717) is 6.54 Å². The Bertz CT molecular complexity index is 722. The second kappa shape index (κ2) is 8.54. The van der Waals surface area contributed by atoms with E-state index in [2.05, 4.69) is 40.0 Å². The summed E-state index contributed by atoms with van der Waals surface area (Å²) < 4.78 is 0. The van der Waals surface area contributed by atoms with Crippen molar-refractivity contribution in [1.82, 2.24) is 15.2 Å². The van der Waals surface area contributed by atoms with Gasteiger partial charge in [0.2, 0.25) is 0 Å². The molecule has 134 valence electrons. The van der Waals surface area contributed by atoms with Crippen molar-refractivity contribution in [3.05, 3.63) is 45.4 Å². The molecular weight excluding hydrogens is 354 g/mol. The third kappa shape index (κ3) is 4.86. The van der Waals surface area contributed by atoms with E-state index < -0.39 is 0 Å². The third-order valence-corrected chi connectivity index (χ3v) is 5.25. The Morgan fingerprint density at radius 1 is 1.32 bits per heavy atom. The molecule has 1 saturated heterocycles. The number of aliphatic imine (C=N–C) groups is 1. The maximum Gasteiger partial charge on any atom is 0.194 e. The number of benzene rings is 1. The predicted octanol–water partition coefficient (Wildman–Crippen LogP) is 3.39. The number of thiazole rings is 1. The molecule has 7 heteroatoms. The lowest BCUT2D eigenvalue weighted by molar-refractivity contribution is 0.372. The number of aromatic nitrogens is 1. The molecule has 0 unspecified atom stereocenters. The van der Waals surface area contributed by atoms with Gasteiger partial charge in [0.05, 0.1) is 6.54 Å². The molecule has 1 aliphatic heterocycles. The number of nitrogens with zero attached hydrogens (tertiary/aromatic N) is 4. The molecule has 25 heavy (non-hydrogen) atoms. The summed E-state index contributed by atoms with van der Waals surface area (Å²) in [4.78, 5) is 15.1. The number of anilines is 1. The summed E-state index contributed by atoms with van der Waals surface area (Å²) in [6.45, 7) is 9.47. The first-order chi connectivity index (χ1) is 12.2. The summed E-state index contributed by atoms with van der Waals surface area (Å²) in [6.07, 6.45) is 1.91. The minimum absolute atomic E-state index is 0.634. The van der Waals surface area contributed by atoms with Crippen molar-refractivity contribution in [2.75, 3.05) is 37.6 Å². The predicted molar refractivity (Wildman–Crippen MR) is 107 cm³/mol. The summed E-state index contributed by atoms with van der Waals surface area (Å²) >= 11 is 7.82. The van der Waals surface area contributed by atoms with Crippen LogP contribution in [0, 0.1) is 6.92 Å². The molecular formula is C18H24ClN5S. The molecule has 2 aromatic rings. The number of hydrogen-bond donors (Lipinski definition) is 1. The highest BCUT2D eigenvalue weighted by atomic mass is 35.5. The minimum Gasteiger partial charge on any atom is -0.368 e. The van der Waals surface area contributed by atoms with Gasteiger partial charge in [0.15, 0.2) is 5.96 Å². The number of piperazine rings is 1. The molecule has 0 amide bonds. The van der Waals surface area contributed by atoms with E-state index in [0.717, 1.165) is 48.7 Å². The Labute approximate surface area is 158 Å². The zero-order valence-electron chi connectivity index (χ0n) is 14.7. The maximum absolute atomic E-state index is 6.11. The number of hydrogen-bond acceptors (Lipinski definition) is 4. The van der Waals surface area contributed by atoms with E-state index in [1.165, 1.54) is 10.6 Å². The molecule has 1 aromatic carbocycles. The summed E-state index contributed by atoms with van der Waals surface area (Å²) in [6, 6.07) is 8.07. The van der Waals surface area contributed by atoms with Crippen LogP contribution in [0.4, 0.5) is 5.69 Å². The monoisotopic (exact) mass is 377 g/mol. The molecule has 1 N–H and O–H groups in total. The fourth-order valence-corrected chi connectivity index (χ4v) is 3.79. The summed E-state index contributed by atoms with van der Waals surface area (Å²) in [5.41, 5.74) is 1.19. The molecule has 0 saturated carbocycles.